The predicted molar refractivity (Wildman–Crippen MR) is 133 cm³/mol. The van der Waals surface area contributed by atoms with E-state index in [1.54, 1.807) is 6.20 Å². The minimum atomic E-state index is -0.228. The van der Waals surface area contributed by atoms with E-state index in [9.17, 15) is 0 Å². The van der Waals surface area contributed by atoms with Crippen molar-refractivity contribution in [1.82, 2.24) is 10.3 Å². The quantitative estimate of drug-likeness (QED) is 0.315. The first-order valence-electron chi connectivity index (χ1n) is 10.1. The molecule has 0 saturated carbocycles. The monoisotopic (exact) mass is 479 g/mol. The highest BCUT2D eigenvalue weighted by atomic mass is 35.5. The van der Waals surface area contributed by atoms with Gasteiger partial charge in [0, 0.05) is 27.5 Å². The summed E-state index contributed by atoms with van der Waals surface area (Å²) in [5, 5.41) is 5.40. The van der Waals surface area contributed by atoms with E-state index < -0.39 is 0 Å². The molecule has 7 heteroatoms. The van der Waals surface area contributed by atoms with E-state index >= 15 is 0 Å². The summed E-state index contributed by atoms with van der Waals surface area (Å²) in [6, 6.07) is 22.9. The molecule has 0 radical (unpaired) electrons. The molecule has 1 fully saturated rings. The van der Waals surface area contributed by atoms with Crippen LogP contribution in [0.25, 0.3) is 11.3 Å². The normalized spacial score (nSPS) is 18.1. The highest BCUT2D eigenvalue weighted by Crippen LogP contribution is 2.43. The fourth-order valence-corrected chi connectivity index (χ4v) is 4.59. The lowest BCUT2D eigenvalue weighted by molar-refractivity contribution is 0.439. The number of nitrogens with one attached hydrogen (secondary N) is 1. The van der Waals surface area contributed by atoms with Gasteiger partial charge >= 0.3 is 0 Å². The van der Waals surface area contributed by atoms with Crippen molar-refractivity contribution in [1.29, 1.82) is 0 Å². The van der Waals surface area contributed by atoms with Gasteiger partial charge in [-0.1, -0.05) is 41.4 Å². The Morgan fingerprint density at radius 3 is 2.53 bits per heavy atom. The van der Waals surface area contributed by atoms with Gasteiger partial charge in [-0.15, -0.1) is 0 Å². The van der Waals surface area contributed by atoms with Crippen LogP contribution in [0.15, 0.2) is 83.4 Å². The van der Waals surface area contributed by atoms with E-state index in [0.29, 0.717) is 15.2 Å². The molecule has 2 unspecified atom stereocenters. The minimum Gasteiger partial charge on any atom is -0.459 e. The molecular weight excluding hydrogens is 461 g/mol. The van der Waals surface area contributed by atoms with Crippen molar-refractivity contribution in [2.45, 2.75) is 19.0 Å². The first kappa shape index (κ1) is 21.0. The molecule has 3 heterocycles. The Kier molecular flexibility index (Phi) is 5.64. The van der Waals surface area contributed by atoms with Crippen LogP contribution < -0.4 is 10.2 Å². The number of thiocarbonyl (C=S) groups is 1. The number of pyridine rings is 1. The van der Waals surface area contributed by atoms with Crippen molar-refractivity contribution in [3.63, 3.8) is 0 Å². The van der Waals surface area contributed by atoms with Gasteiger partial charge in [0.2, 0.25) is 0 Å². The molecule has 0 amide bonds. The zero-order chi connectivity index (χ0) is 22.2. The number of aromatic nitrogens is 1. The molecule has 4 nitrogen and oxygen atoms in total. The molecule has 1 N–H and O–H groups in total. The van der Waals surface area contributed by atoms with Gasteiger partial charge in [0.15, 0.2) is 5.11 Å². The summed E-state index contributed by atoms with van der Waals surface area (Å²) in [6.45, 7) is 1.98. The number of nitrogens with zero attached hydrogens (tertiary/aromatic N) is 2. The molecule has 4 aromatic rings. The second-order valence-corrected chi connectivity index (χ2v) is 8.87. The molecule has 2 atom stereocenters. The van der Waals surface area contributed by atoms with E-state index in [4.69, 9.17) is 39.8 Å². The molecule has 1 aliphatic heterocycles. The molecular formula is C25H19Cl2N3OS. The third kappa shape index (κ3) is 3.88. The summed E-state index contributed by atoms with van der Waals surface area (Å²) < 4.78 is 6.37. The Morgan fingerprint density at radius 2 is 1.81 bits per heavy atom. The highest BCUT2D eigenvalue weighted by Gasteiger charge is 2.42. The summed E-state index contributed by atoms with van der Waals surface area (Å²) in [4.78, 5) is 6.62. The molecule has 160 valence electrons. The van der Waals surface area contributed by atoms with Crippen molar-refractivity contribution in [3.8, 4) is 11.3 Å². The summed E-state index contributed by atoms with van der Waals surface area (Å²) in [6.07, 6.45) is 1.78. The first-order chi connectivity index (χ1) is 15.5. The summed E-state index contributed by atoms with van der Waals surface area (Å²) in [5.41, 5.74) is 3.75. The third-order valence-electron chi connectivity index (χ3n) is 5.58. The number of benzene rings is 2. The number of aryl methyl sites for hydroxylation is 1. The Bertz CT molecular complexity index is 1270. The van der Waals surface area contributed by atoms with Crippen molar-refractivity contribution in [2.24, 2.45) is 0 Å². The van der Waals surface area contributed by atoms with E-state index in [2.05, 4.69) is 15.2 Å². The predicted octanol–water partition coefficient (Wildman–Crippen LogP) is 7.13. The lowest BCUT2D eigenvalue weighted by atomic mass is 10.0. The zero-order valence-corrected chi connectivity index (χ0v) is 19.5. The van der Waals surface area contributed by atoms with Crippen molar-refractivity contribution >= 4 is 46.2 Å². The van der Waals surface area contributed by atoms with E-state index in [1.807, 2.05) is 79.7 Å². The minimum absolute atomic E-state index is 0.181. The van der Waals surface area contributed by atoms with Crippen LogP contribution in [-0.4, -0.2) is 10.1 Å². The Labute approximate surface area is 201 Å². The Hall–Kier alpha value is -2.86. The maximum Gasteiger partial charge on any atom is 0.174 e. The van der Waals surface area contributed by atoms with Gasteiger partial charge in [0.1, 0.15) is 17.6 Å². The second kappa shape index (κ2) is 8.58. The molecule has 2 aromatic carbocycles. The Morgan fingerprint density at radius 1 is 1.00 bits per heavy atom. The third-order valence-corrected chi connectivity index (χ3v) is 6.55. The Balaban J connectivity index is 1.59. The van der Waals surface area contributed by atoms with Crippen molar-refractivity contribution in [2.75, 3.05) is 4.90 Å². The van der Waals surface area contributed by atoms with Gasteiger partial charge in [0.25, 0.3) is 0 Å². The standard InChI is InChI=1S/C25H19Cl2N3OS/c1-15-5-6-16(14-19(15)27)21-11-12-22(31-21)24-23(20-4-2-3-13-28-20)29-25(32)30(24)18-9-7-17(26)8-10-18/h2-14,23-24H,1H3,(H,29,32). The van der Waals surface area contributed by atoms with E-state index in [0.717, 1.165) is 34.0 Å². The summed E-state index contributed by atoms with van der Waals surface area (Å²) in [7, 11) is 0. The van der Waals surface area contributed by atoms with Gasteiger partial charge in [-0.25, -0.2) is 0 Å². The smallest absolute Gasteiger partial charge is 0.174 e. The van der Waals surface area contributed by atoms with Crippen molar-refractivity contribution < 1.29 is 4.42 Å². The molecule has 32 heavy (non-hydrogen) atoms. The number of rotatable bonds is 4. The van der Waals surface area contributed by atoms with Crippen LogP contribution in [-0.2, 0) is 0 Å². The summed E-state index contributed by atoms with van der Waals surface area (Å²) in [5.74, 6) is 1.52. The average molecular weight is 480 g/mol. The van der Waals surface area contributed by atoms with Crippen LogP contribution in [0.1, 0.15) is 29.1 Å². The first-order valence-corrected chi connectivity index (χ1v) is 11.3. The molecule has 0 bridgehead atoms. The fraction of sp³-hybridized carbons (Fsp3) is 0.120. The van der Waals surface area contributed by atoms with E-state index in [-0.39, 0.29) is 12.1 Å². The topological polar surface area (TPSA) is 41.3 Å². The number of halogens is 2. The largest absolute Gasteiger partial charge is 0.459 e. The van der Waals surface area contributed by atoms with Crippen molar-refractivity contribution in [3.05, 3.63) is 106 Å². The van der Waals surface area contributed by atoms with Crippen LogP contribution >= 0.6 is 35.4 Å². The lowest BCUT2D eigenvalue weighted by Crippen LogP contribution is -2.29. The SMILES string of the molecule is Cc1ccc(-c2ccc(C3C(c4ccccn4)NC(=S)N3c3ccc(Cl)cc3)o2)cc1Cl. The molecule has 1 saturated heterocycles. The zero-order valence-electron chi connectivity index (χ0n) is 17.1. The van der Waals surface area contributed by atoms with E-state index in [1.165, 1.54) is 0 Å². The molecule has 0 aliphatic carbocycles. The molecule has 1 aliphatic rings. The average Bonchev–Trinajstić information content (AvgIpc) is 3.41. The van der Waals surface area contributed by atoms with Gasteiger partial charge in [0.05, 0.1) is 11.7 Å². The highest BCUT2D eigenvalue weighted by molar-refractivity contribution is 7.80. The van der Waals surface area contributed by atoms with Crippen LogP contribution in [0.5, 0.6) is 0 Å². The number of hydrogen-bond donors (Lipinski definition) is 1. The molecule has 0 spiro atoms. The number of anilines is 1. The summed E-state index contributed by atoms with van der Waals surface area (Å²) >= 11 is 18.2. The second-order valence-electron chi connectivity index (χ2n) is 7.64. The van der Waals surface area contributed by atoms with Gasteiger partial charge < -0.3 is 14.6 Å². The fourth-order valence-electron chi connectivity index (χ4n) is 3.94. The maximum absolute atomic E-state index is 6.37. The lowest BCUT2D eigenvalue weighted by Gasteiger charge is -2.26. The van der Waals surface area contributed by atoms with Gasteiger partial charge in [-0.2, -0.15) is 0 Å². The molecule has 2 aromatic heterocycles. The van der Waals surface area contributed by atoms with Crippen LogP contribution in [0.4, 0.5) is 5.69 Å². The van der Waals surface area contributed by atoms with Crippen LogP contribution in [0.2, 0.25) is 10.0 Å². The number of furan rings is 1. The number of hydrogen-bond acceptors (Lipinski definition) is 3. The van der Waals surface area contributed by atoms with Crippen LogP contribution in [0.3, 0.4) is 0 Å². The van der Waals surface area contributed by atoms with Gasteiger partial charge in [-0.3, -0.25) is 4.98 Å². The van der Waals surface area contributed by atoms with Crippen LogP contribution in [0, 0.1) is 6.92 Å². The maximum atomic E-state index is 6.37. The van der Waals surface area contributed by atoms with Gasteiger partial charge in [-0.05, 0) is 79.3 Å². The molecule has 5 rings (SSSR count).